The van der Waals surface area contributed by atoms with E-state index in [-0.39, 0.29) is 11.7 Å². The molecule has 3 heterocycles. The molecule has 1 saturated heterocycles. The largest absolute Gasteiger partial charge is 0.322 e. The van der Waals surface area contributed by atoms with Crippen molar-refractivity contribution in [3.05, 3.63) is 94.8 Å². The average Bonchev–Trinajstić information content (AvgIpc) is 3.63. The third kappa shape index (κ3) is 6.69. The molecule has 0 saturated carbocycles. The molecule has 3 N–H and O–H groups in total. The Labute approximate surface area is 232 Å². The summed E-state index contributed by atoms with van der Waals surface area (Å²) < 4.78 is 14.9. The van der Waals surface area contributed by atoms with Crippen molar-refractivity contribution in [3.63, 3.8) is 0 Å². The zero-order valence-electron chi connectivity index (χ0n) is 22.7. The lowest BCUT2D eigenvalue weighted by Crippen LogP contribution is -2.31. The van der Waals surface area contributed by atoms with Crippen molar-refractivity contribution < 1.29 is 9.18 Å². The Balaban J connectivity index is 1.22. The van der Waals surface area contributed by atoms with Gasteiger partial charge in [0.25, 0.3) is 5.91 Å². The van der Waals surface area contributed by atoms with Crippen LogP contribution in [0.4, 0.5) is 21.7 Å². The van der Waals surface area contributed by atoms with E-state index in [0.717, 1.165) is 30.8 Å². The Morgan fingerprint density at radius 1 is 1.12 bits per heavy atom. The van der Waals surface area contributed by atoms with Crippen LogP contribution in [0.1, 0.15) is 39.0 Å². The quantitative estimate of drug-likeness (QED) is 0.304. The van der Waals surface area contributed by atoms with Crippen molar-refractivity contribution in [1.29, 1.82) is 0 Å². The van der Waals surface area contributed by atoms with Crippen LogP contribution in [-0.2, 0) is 6.54 Å². The standard InChI is InChI=1S/C30H31FN8O/c1-20-4-6-23(12-22(20)7-5-21-14-32-30(33-15-21)37-26-16-34-35-17-26)29(40)36-25-9-8-24(28(31)13-25)18-39-11-10-27(19-39)38(2)3/h4,6,8-9,12-17,27H,10-11,18-19H2,1-3H3,(H,34,35)(H,36,40)(H,32,33,37)/t27-/m0/s1. The molecule has 204 valence electrons. The fourth-order valence-corrected chi connectivity index (χ4v) is 4.52. The number of amides is 1. The van der Waals surface area contributed by atoms with Crippen molar-refractivity contribution in [2.45, 2.75) is 25.9 Å². The molecule has 9 nitrogen and oxygen atoms in total. The number of halogens is 1. The Morgan fingerprint density at radius 3 is 2.65 bits per heavy atom. The van der Waals surface area contributed by atoms with Gasteiger partial charge in [0.1, 0.15) is 5.82 Å². The lowest BCUT2D eigenvalue weighted by atomic mass is 10.0. The lowest BCUT2D eigenvalue weighted by Gasteiger charge is -2.20. The molecule has 0 radical (unpaired) electrons. The summed E-state index contributed by atoms with van der Waals surface area (Å²) in [7, 11) is 4.15. The van der Waals surface area contributed by atoms with Crippen molar-refractivity contribution >= 4 is 23.2 Å². The molecule has 2 aromatic carbocycles. The number of nitrogens with one attached hydrogen (secondary N) is 3. The van der Waals surface area contributed by atoms with Gasteiger partial charge in [-0.2, -0.15) is 5.10 Å². The van der Waals surface area contributed by atoms with Gasteiger partial charge in [-0.15, -0.1) is 0 Å². The molecule has 2 aromatic heterocycles. The fourth-order valence-electron chi connectivity index (χ4n) is 4.52. The predicted octanol–water partition coefficient (Wildman–Crippen LogP) is 4.18. The number of carbonyl (C=O) groups is 1. The number of likely N-dealkylation sites (N-methyl/N-ethyl adjacent to an activating group) is 1. The molecule has 10 heteroatoms. The van der Waals surface area contributed by atoms with E-state index in [1.807, 2.05) is 13.0 Å². The van der Waals surface area contributed by atoms with Gasteiger partial charge in [-0.3, -0.25) is 14.8 Å². The Kier molecular flexibility index (Phi) is 8.15. The van der Waals surface area contributed by atoms with Crippen LogP contribution in [0, 0.1) is 24.6 Å². The molecule has 1 atom stereocenters. The van der Waals surface area contributed by atoms with Gasteiger partial charge >= 0.3 is 0 Å². The minimum absolute atomic E-state index is 0.324. The third-order valence-corrected chi connectivity index (χ3v) is 6.93. The van der Waals surface area contributed by atoms with Crippen molar-refractivity contribution in [2.75, 3.05) is 37.8 Å². The number of likely N-dealkylation sites (tertiary alicyclic amines) is 1. The van der Waals surface area contributed by atoms with E-state index in [4.69, 9.17) is 0 Å². The van der Waals surface area contributed by atoms with Gasteiger partial charge in [0, 0.05) is 66.6 Å². The van der Waals surface area contributed by atoms with Gasteiger partial charge in [0.05, 0.1) is 17.4 Å². The molecular weight excluding hydrogens is 507 g/mol. The van der Waals surface area contributed by atoms with Gasteiger partial charge in [-0.25, -0.2) is 14.4 Å². The van der Waals surface area contributed by atoms with Crippen LogP contribution in [-0.4, -0.2) is 69.1 Å². The zero-order valence-corrected chi connectivity index (χ0v) is 22.7. The first-order valence-corrected chi connectivity index (χ1v) is 13.0. The second-order valence-electron chi connectivity index (χ2n) is 10.1. The van der Waals surface area contributed by atoms with E-state index in [1.165, 1.54) is 6.07 Å². The van der Waals surface area contributed by atoms with E-state index in [1.54, 1.807) is 49.1 Å². The number of H-pyrrole nitrogens is 1. The number of anilines is 3. The van der Waals surface area contributed by atoms with Crippen molar-refractivity contribution in [1.82, 2.24) is 30.0 Å². The number of aromatic nitrogens is 4. The van der Waals surface area contributed by atoms with E-state index in [2.05, 4.69) is 66.5 Å². The first-order valence-electron chi connectivity index (χ1n) is 13.0. The molecule has 1 aliphatic heterocycles. The van der Waals surface area contributed by atoms with E-state index >= 15 is 0 Å². The van der Waals surface area contributed by atoms with Crippen LogP contribution in [0.2, 0.25) is 0 Å². The Morgan fingerprint density at radius 2 is 1.95 bits per heavy atom. The third-order valence-electron chi connectivity index (χ3n) is 6.93. The molecule has 4 aromatic rings. The number of benzene rings is 2. The highest BCUT2D eigenvalue weighted by Gasteiger charge is 2.24. The van der Waals surface area contributed by atoms with E-state index in [9.17, 15) is 9.18 Å². The molecule has 1 aliphatic rings. The molecule has 0 aliphatic carbocycles. The summed E-state index contributed by atoms with van der Waals surface area (Å²) in [5.74, 6) is 5.92. The van der Waals surface area contributed by atoms with Crippen LogP contribution >= 0.6 is 0 Å². The predicted molar refractivity (Wildman–Crippen MR) is 153 cm³/mol. The van der Waals surface area contributed by atoms with Crippen LogP contribution in [0.25, 0.3) is 0 Å². The van der Waals surface area contributed by atoms with Crippen molar-refractivity contribution in [3.8, 4) is 11.8 Å². The number of rotatable bonds is 7. The Bertz CT molecular complexity index is 1540. The van der Waals surface area contributed by atoms with Crippen LogP contribution in [0.5, 0.6) is 0 Å². The summed E-state index contributed by atoms with van der Waals surface area (Å²) >= 11 is 0. The summed E-state index contributed by atoms with van der Waals surface area (Å²) in [6.45, 7) is 4.35. The van der Waals surface area contributed by atoms with Crippen molar-refractivity contribution in [2.24, 2.45) is 0 Å². The first-order chi connectivity index (χ1) is 19.3. The summed E-state index contributed by atoms with van der Waals surface area (Å²) in [6.07, 6.45) is 7.65. The highest BCUT2D eigenvalue weighted by Crippen LogP contribution is 2.21. The number of hydrogen-bond donors (Lipinski definition) is 3. The molecule has 5 rings (SSSR count). The van der Waals surface area contributed by atoms with Gasteiger partial charge in [-0.1, -0.05) is 24.0 Å². The monoisotopic (exact) mass is 538 g/mol. The molecule has 1 amide bonds. The summed E-state index contributed by atoms with van der Waals surface area (Å²) in [5.41, 5.74) is 4.49. The zero-order chi connectivity index (χ0) is 28.1. The fraction of sp³-hybridized carbons (Fsp3) is 0.267. The minimum Gasteiger partial charge on any atom is -0.322 e. The van der Waals surface area contributed by atoms with Gasteiger partial charge in [0.2, 0.25) is 5.95 Å². The maximum absolute atomic E-state index is 14.9. The SMILES string of the molecule is Cc1ccc(C(=O)Nc2ccc(CN3CC[C@H](N(C)C)C3)c(F)c2)cc1C#Cc1cnc(Nc2cn[nH]c2)nc1. The highest BCUT2D eigenvalue weighted by molar-refractivity contribution is 6.04. The number of aromatic amines is 1. The molecule has 0 unspecified atom stereocenters. The molecule has 0 bridgehead atoms. The summed E-state index contributed by atoms with van der Waals surface area (Å²) in [4.78, 5) is 26.0. The van der Waals surface area contributed by atoms with Crippen LogP contribution in [0.15, 0.2) is 61.2 Å². The summed E-state index contributed by atoms with van der Waals surface area (Å²) in [6, 6.07) is 10.7. The second kappa shape index (κ2) is 12.1. The van der Waals surface area contributed by atoms with Crippen LogP contribution in [0.3, 0.4) is 0 Å². The Hall–Kier alpha value is -4.59. The normalized spacial score (nSPS) is 15.1. The lowest BCUT2D eigenvalue weighted by molar-refractivity contribution is 0.102. The number of aryl methyl sites for hydroxylation is 1. The minimum atomic E-state index is -0.332. The van der Waals surface area contributed by atoms with E-state index < -0.39 is 0 Å². The average molecular weight is 539 g/mol. The number of carbonyl (C=O) groups excluding carboxylic acids is 1. The van der Waals surface area contributed by atoms with Gasteiger partial charge in [0.15, 0.2) is 0 Å². The van der Waals surface area contributed by atoms with Gasteiger partial charge < -0.3 is 15.5 Å². The maximum Gasteiger partial charge on any atom is 0.255 e. The molecule has 0 spiro atoms. The maximum atomic E-state index is 14.9. The highest BCUT2D eigenvalue weighted by atomic mass is 19.1. The second-order valence-corrected chi connectivity index (χ2v) is 10.1. The molecule has 40 heavy (non-hydrogen) atoms. The van der Waals surface area contributed by atoms with Gasteiger partial charge in [-0.05, 0) is 57.3 Å². The number of nitrogens with zero attached hydrogens (tertiary/aromatic N) is 5. The smallest absolute Gasteiger partial charge is 0.255 e. The molecule has 1 fully saturated rings. The van der Waals surface area contributed by atoms with E-state index in [0.29, 0.717) is 46.5 Å². The van der Waals surface area contributed by atoms with Crippen LogP contribution < -0.4 is 10.6 Å². The number of hydrogen-bond acceptors (Lipinski definition) is 7. The molecular formula is C30H31FN8O. The topological polar surface area (TPSA) is 102 Å². The summed E-state index contributed by atoms with van der Waals surface area (Å²) in [5, 5.41) is 12.4. The first kappa shape index (κ1) is 27.0.